The summed E-state index contributed by atoms with van der Waals surface area (Å²) in [5.41, 5.74) is 1.19. The van der Waals surface area contributed by atoms with Crippen molar-refractivity contribution in [1.82, 2.24) is 19.1 Å². The molecular weight excluding hydrogens is 408 g/mol. The van der Waals surface area contributed by atoms with Crippen LogP contribution in [0.1, 0.15) is 5.56 Å². The van der Waals surface area contributed by atoms with Crippen LogP contribution in [0.3, 0.4) is 0 Å². The Hall–Kier alpha value is -1.52. The van der Waals surface area contributed by atoms with Crippen molar-refractivity contribution in [3.05, 3.63) is 46.6 Å². The SMILES string of the molecule is CN(CC(=O)N1CCN(Cc2ccncc2)CC1)S(=O)(=O)c1ccc(Cl)s1. The third-order valence-electron chi connectivity index (χ3n) is 4.45. The molecule has 0 aliphatic carbocycles. The molecule has 2 aromatic heterocycles. The van der Waals surface area contributed by atoms with Crippen molar-refractivity contribution in [2.75, 3.05) is 39.8 Å². The second-order valence-corrected chi connectivity index (χ2v) is 10.3. The fourth-order valence-corrected chi connectivity index (χ4v) is 5.68. The number of aromatic nitrogens is 1. The average molecular weight is 429 g/mol. The van der Waals surface area contributed by atoms with E-state index in [4.69, 9.17) is 11.6 Å². The summed E-state index contributed by atoms with van der Waals surface area (Å²) >= 11 is 6.81. The van der Waals surface area contributed by atoms with Crippen LogP contribution in [-0.4, -0.2) is 73.2 Å². The van der Waals surface area contributed by atoms with Gasteiger partial charge in [0.25, 0.3) is 10.0 Å². The number of likely N-dealkylation sites (N-methyl/N-ethyl adjacent to an activating group) is 1. The van der Waals surface area contributed by atoms with E-state index >= 15 is 0 Å². The van der Waals surface area contributed by atoms with Crippen LogP contribution in [0.4, 0.5) is 0 Å². The molecule has 10 heteroatoms. The third kappa shape index (κ3) is 5.05. The maximum absolute atomic E-state index is 12.5. The number of carbonyl (C=O) groups excluding carboxylic acids is 1. The number of sulfonamides is 1. The number of amides is 1. The van der Waals surface area contributed by atoms with Gasteiger partial charge in [-0.2, -0.15) is 4.31 Å². The largest absolute Gasteiger partial charge is 0.339 e. The second kappa shape index (κ2) is 8.66. The van der Waals surface area contributed by atoms with E-state index in [1.165, 1.54) is 24.7 Å². The number of piperazine rings is 1. The normalized spacial score (nSPS) is 16.0. The van der Waals surface area contributed by atoms with Gasteiger partial charge in [0.05, 0.1) is 10.9 Å². The van der Waals surface area contributed by atoms with Crippen molar-refractivity contribution in [3.8, 4) is 0 Å². The minimum atomic E-state index is -3.70. The van der Waals surface area contributed by atoms with Crippen LogP contribution < -0.4 is 0 Å². The maximum atomic E-state index is 12.5. The van der Waals surface area contributed by atoms with Gasteiger partial charge in [-0.05, 0) is 29.8 Å². The lowest BCUT2D eigenvalue weighted by atomic mass is 10.2. The van der Waals surface area contributed by atoms with Gasteiger partial charge >= 0.3 is 0 Å². The van der Waals surface area contributed by atoms with Crippen LogP contribution in [0.25, 0.3) is 0 Å². The molecule has 27 heavy (non-hydrogen) atoms. The molecule has 0 spiro atoms. The van der Waals surface area contributed by atoms with Crippen molar-refractivity contribution < 1.29 is 13.2 Å². The van der Waals surface area contributed by atoms with Crippen molar-refractivity contribution in [1.29, 1.82) is 0 Å². The van der Waals surface area contributed by atoms with Gasteiger partial charge in [-0.3, -0.25) is 14.7 Å². The van der Waals surface area contributed by atoms with Gasteiger partial charge in [-0.1, -0.05) is 11.6 Å². The van der Waals surface area contributed by atoms with Crippen molar-refractivity contribution in [2.45, 2.75) is 10.8 Å². The van der Waals surface area contributed by atoms with Gasteiger partial charge in [0.1, 0.15) is 4.21 Å². The first-order valence-corrected chi connectivity index (χ1v) is 11.1. The van der Waals surface area contributed by atoms with E-state index in [0.29, 0.717) is 17.4 Å². The van der Waals surface area contributed by atoms with Crippen molar-refractivity contribution in [3.63, 3.8) is 0 Å². The summed E-state index contributed by atoms with van der Waals surface area (Å²) in [4.78, 5) is 20.5. The zero-order valence-electron chi connectivity index (χ0n) is 14.9. The lowest BCUT2D eigenvalue weighted by molar-refractivity contribution is -0.133. The van der Waals surface area contributed by atoms with E-state index in [-0.39, 0.29) is 16.7 Å². The van der Waals surface area contributed by atoms with Gasteiger partial charge in [-0.15, -0.1) is 11.3 Å². The Labute approximate surface area is 168 Å². The number of rotatable bonds is 6. The predicted molar refractivity (Wildman–Crippen MR) is 105 cm³/mol. The molecule has 0 atom stereocenters. The van der Waals surface area contributed by atoms with Crippen LogP contribution in [0.15, 0.2) is 40.9 Å². The summed E-state index contributed by atoms with van der Waals surface area (Å²) in [6.45, 7) is 3.32. The molecule has 0 radical (unpaired) electrons. The minimum Gasteiger partial charge on any atom is -0.339 e. The number of hydrogen-bond donors (Lipinski definition) is 0. The highest BCUT2D eigenvalue weighted by Gasteiger charge is 2.28. The highest BCUT2D eigenvalue weighted by molar-refractivity contribution is 7.91. The zero-order valence-corrected chi connectivity index (χ0v) is 17.3. The van der Waals surface area contributed by atoms with Gasteiger partial charge in [0, 0.05) is 52.2 Å². The van der Waals surface area contributed by atoms with E-state index in [1.54, 1.807) is 17.3 Å². The van der Waals surface area contributed by atoms with Crippen molar-refractivity contribution >= 4 is 38.9 Å². The molecule has 0 N–H and O–H groups in total. The minimum absolute atomic E-state index is 0.143. The number of thiophene rings is 1. The monoisotopic (exact) mass is 428 g/mol. The van der Waals surface area contributed by atoms with Crippen LogP contribution in [0.2, 0.25) is 4.34 Å². The first kappa shape index (κ1) is 20.2. The van der Waals surface area contributed by atoms with Gasteiger partial charge < -0.3 is 4.90 Å². The highest BCUT2D eigenvalue weighted by Crippen LogP contribution is 2.27. The van der Waals surface area contributed by atoms with E-state index in [0.717, 1.165) is 35.3 Å². The number of halogens is 1. The number of hydrogen-bond acceptors (Lipinski definition) is 6. The molecule has 1 aliphatic rings. The Bertz CT molecular complexity index is 881. The Morgan fingerprint density at radius 3 is 2.44 bits per heavy atom. The fraction of sp³-hybridized carbons (Fsp3) is 0.412. The lowest BCUT2D eigenvalue weighted by Crippen LogP contribution is -2.51. The summed E-state index contributed by atoms with van der Waals surface area (Å²) < 4.78 is 26.7. The van der Waals surface area contributed by atoms with Crippen molar-refractivity contribution in [2.24, 2.45) is 0 Å². The molecule has 1 aliphatic heterocycles. The number of carbonyl (C=O) groups is 1. The topological polar surface area (TPSA) is 73.8 Å². The Kier molecular flexibility index (Phi) is 6.48. The standard InChI is InChI=1S/C17H21ClN4O3S2/c1-20(27(24,25)17-3-2-15(18)26-17)13-16(23)22-10-8-21(9-11-22)12-14-4-6-19-7-5-14/h2-7H,8-13H2,1H3. The van der Waals surface area contributed by atoms with Crippen LogP contribution >= 0.6 is 22.9 Å². The molecule has 1 fully saturated rings. The average Bonchev–Trinajstić information content (AvgIpc) is 3.10. The highest BCUT2D eigenvalue weighted by atomic mass is 35.5. The predicted octanol–water partition coefficient (Wildman–Crippen LogP) is 1.76. The lowest BCUT2D eigenvalue weighted by Gasteiger charge is -2.35. The maximum Gasteiger partial charge on any atom is 0.252 e. The summed E-state index contributed by atoms with van der Waals surface area (Å²) in [5, 5.41) is 0. The Morgan fingerprint density at radius 2 is 1.85 bits per heavy atom. The van der Waals surface area contributed by atoms with Gasteiger partial charge in [0.15, 0.2) is 0 Å². The van der Waals surface area contributed by atoms with Crippen LogP contribution in [0.5, 0.6) is 0 Å². The molecule has 0 aromatic carbocycles. The molecule has 3 rings (SSSR count). The molecule has 0 bridgehead atoms. The molecule has 146 valence electrons. The van der Waals surface area contributed by atoms with E-state index < -0.39 is 10.0 Å². The van der Waals surface area contributed by atoms with Crippen LogP contribution in [-0.2, 0) is 21.4 Å². The molecule has 3 heterocycles. The summed E-state index contributed by atoms with van der Waals surface area (Å²) in [5.74, 6) is -0.188. The Morgan fingerprint density at radius 1 is 1.19 bits per heavy atom. The molecule has 1 saturated heterocycles. The van der Waals surface area contributed by atoms with Gasteiger partial charge in [0.2, 0.25) is 5.91 Å². The van der Waals surface area contributed by atoms with Gasteiger partial charge in [-0.25, -0.2) is 8.42 Å². The summed E-state index contributed by atoms with van der Waals surface area (Å²) in [6.07, 6.45) is 3.54. The zero-order chi connectivity index (χ0) is 19.4. The van der Waals surface area contributed by atoms with E-state index in [2.05, 4.69) is 9.88 Å². The number of nitrogens with zero attached hydrogens (tertiary/aromatic N) is 4. The van der Waals surface area contributed by atoms with E-state index in [1.807, 2.05) is 12.1 Å². The fourth-order valence-electron chi connectivity index (χ4n) is 2.87. The first-order chi connectivity index (χ1) is 12.9. The summed E-state index contributed by atoms with van der Waals surface area (Å²) in [7, 11) is -2.28. The smallest absolute Gasteiger partial charge is 0.252 e. The second-order valence-electron chi connectivity index (χ2n) is 6.33. The molecule has 7 nitrogen and oxygen atoms in total. The van der Waals surface area contributed by atoms with Crippen LogP contribution in [0, 0.1) is 0 Å². The first-order valence-electron chi connectivity index (χ1n) is 8.47. The molecule has 0 saturated carbocycles. The molecule has 0 unspecified atom stereocenters. The number of pyridine rings is 1. The quantitative estimate of drug-likeness (QED) is 0.700. The molecule has 2 aromatic rings. The third-order valence-corrected chi connectivity index (χ3v) is 7.95. The summed E-state index contributed by atoms with van der Waals surface area (Å²) in [6, 6.07) is 6.96. The van der Waals surface area contributed by atoms with E-state index in [9.17, 15) is 13.2 Å². The molecule has 1 amide bonds. The Balaban J connectivity index is 1.52. The molecular formula is C17H21ClN4O3S2.